The number of aryl methyl sites for hydroxylation is 1. The molecule has 156 valence electrons. The number of aromatic nitrogens is 2. The molecule has 1 atom stereocenters. The van der Waals surface area contributed by atoms with Crippen molar-refractivity contribution < 1.29 is 19.4 Å². The van der Waals surface area contributed by atoms with E-state index in [0.29, 0.717) is 18.5 Å². The smallest absolute Gasteiger partial charge is 0.303 e. The number of nitrogens with one attached hydrogen (secondary N) is 1. The van der Waals surface area contributed by atoms with Crippen molar-refractivity contribution in [2.24, 2.45) is 0 Å². The molecule has 0 radical (unpaired) electrons. The van der Waals surface area contributed by atoms with Gasteiger partial charge in [0.05, 0.1) is 17.5 Å². The molecule has 0 bridgehead atoms. The van der Waals surface area contributed by atoms with Crippen LogP contribution in [0.2, 0.25) is 0 Å². The minimum atomic E-state index is -0.818. The van der Waals surface area contributed by atoms with E-state index in [9.17, 15) is 9.59 Å². The second-order valence-electron chi connectivity index (χ2n) is 7.53. The second-order valence-corrected chi connectivity index (χ2v) is 7.53. The highest BCUT2D eigenvalue weighted by Gasteiger charge is 2.16. The number of benzene rings is 1. The molecule has 1 aliphatic rings. The lowest BCUT2D eigenvalue weighted by atomic mass is 10.1. The summed E-state index contributed by atoms with van der Waals surface area (Å²) in [5, 5.41) is 16.4. The van der Waals surface area contributed by atoms with Gasteiger partial charge in [-0.1, -0.05) is 0 Å². The van der Waals surface area contributed by atoms with Crippen LogP contribution in [0.1, 0.15) is 59.4 Å². The van der Waals surface area contributed by atoms with E-state index >= 15 is 0 Å². The predicted molar refractivity (Wildman–Crippen MR) is 110 cm³/mol. The first-order chi connectivity index (χ1) is 14.0. The molecule has 1 fully saturated rings. The van der Waals surface area contributed by atoms with Gasteiger partial charge >= 0.3 is 5.97 Å². The lowest BCUT2D eigenvalue weighted by Gasteiger charge is -2.22. The average Bonchev–Trinajstić information content (AvgIpc) is 3.00. The highest BCUT2D eigenvalue weighted by Crippen LogP contribution is 2.20. The molecule has 2 heterocycles. The second kappa shape index (κ2) is 9.69. The zero-order valence-corrected chi connectivity index (χ0v) is 17.1. The van der Waals surface area contributed by atoms with Crippen LogP contribution in [0.5, 0.6) is 0 Å². The van der Waals surface area contributed by atoms with Crippen LogP contribution in [-0.4, -0.2) is 46.0 Å². The fraction of sp³-hybridized carbons (Fsp3) is 0.500. The molecule has 29 heavy (non-hydrogen) atoms. The summed E-state index contributed by atoms with van der Waals surface area (Å²) in [4.78, 5) is 23.2. The number of amides is 1. The molecule has 1 amide bonds. The van der Waals surface area contributed by atoms with Gasteiger partial charge in [-0.15, -0.1) is 0 Å². The van der Waals surface area contributed by atoms with Crippen molar-refractivity contribution >= 4 is 11.9 Å². The first kappa shape index (κ1) is 21.0. The first-order valence-electron chi connectivity index (χ1n) is 10.2. The summed E-state index contributed by atoms with van der Waals surface area (Å²) < 4.78 is 7.49. The summed E-state index contributed by atoms with van der Waals surface area (Å²) in [5.41, 5.74) is 4.16. The highest BCUT2D eigenvalue weighted by atomic mass is 16.5. The van der Waals surface area contributed by atoms with Crippen LogP contribution in [-0.2, 0) is 16.0 Å². The molecule has 3 rings (SSSR count). The van der Waals surface area contributed by atoms with Crippen molar-refractivity contribution in [2.75, 3.05) is 13.2 Å². The normalized spacial score (nSPS) is 16.6. The van der Waals surface area contributed by atoms with Gasteiger partial charge in [-0.05, 0) is 75.8 Å². The van der Waals surface area contributed by atoms with Crippen molar-refractivity contribution in [3.8, 4) is 5.69 Å². The molecule has 1 saturated heterocycles. The van der Waals surface area contributed by atoms with E-state index in [1.807, 2.05) is 26.0 Å². The van der Waals surface area contributed by atoms with Crippen LogP contribution < -0.4 is 5.32 Å². The topological polar surface area (TPSA) is 93.5 Å². The quantitative estimate of drug-likeness (QED) is 0.711. The largest absolute Gasteiger partial charge is 0.481 e. The highest BCUT2D eigenvalue weighted by molar-refractivity contribution is 5.94. The number of carboxylic acid groups (broad SMARTS) is 1. The maximum absolute atomic E-state index is 12.4. The van der Waals surface area contributed by atoms with Gasteiger partial charge in [0.25, 0.3) is 5.91 Å². The third-order valence-electron chi connectivity index (χ3n) is 5.43. The molecule has 1 unspecified atom stereocenters. The van der Waals surface area contributed by atoms with E-state index in [1.54, 1.807) is 16.8 Å². The Morgan fingerprint density at radius 3 is 2.66 bits per heavy atom. The molecular formula is C22H29N3O4. The summed E-state index contributed by atoms with van der Waals surface area (Å²) in [6, 6.07) is 7.30. The lowest BCUT2D eigenvalue weighted by molar-refractivity contribution is -0.136. The van der Waals surface area contributed by atoms with E-state index in [1.165, 1.54) is 6.42 Å². The van der Waals surface area contributed by atoms with Gasteiger partial charge < -0.3 is 15.2 Å². The molecule has 0 spiro atoms. The Morgan fingerprint density at radius 2 is 2.00 bits per heavy atom. The van der Waals surface area contributed by atoms with Crippen LogP contribution in [0.3, 0.4) is 0 Å². The Hall–Kier alpha value is -2.67. The Kier molecular flexibility index (Phi) is 7.04. The van der Waals surface area contributed by atoms with Gasteiger partial charge in [-0.2, -0.15) is 5.10 Å². The summed E-state index contributed by atoms with van der Waals surface area (Å²) in [5.74, 6) is -0.912. The Labute approximate surface area is 171 Å². The molecule has 7 nitrogen and oxygen atoms in total. The number of carboxylic acids is 1. The Bertz CT molecular complexity index is 852. The van der Waals surface area contributed by atoms with Crippen molar-refractivity contribution in [1.82, 2.24) is 15.1 Å². The summed E-state index contributed by atoms with van der Waals surface area (Å²) >= 11 is 0. The van der Waals surface area contributed by atoms with Gasteiger partial charge in [0.1, 0.15) is 0 Å². The Balaban J connectivity index is 1.60. The summed E-state index contributed by atoms with van der Waals surface area (Å²) in [6.07, 6.45) is 5.04. The van der Waals surface area contributed by atoms with Crippen molar-refractivity contribution in [1.29, 1.82) is 0 Å². The van der Waals surface area contributed by atoms with Gasteiger partial charge in [0.2, 0.25) is 0 Å². The maximum atomic E-state index is 12.4. The molecule has 1 aliphatic heterocycles. The van der Waals surface area contributed by atoms with Crippen LogP contribution in [0.4, 0.5) is 0 Å². The third-order valence-corrected chi connectivity index (χ3v) is 5.43. The fourth-order valence-corrected chi connectivity index (χ4v) is 3.76. The van der Waals surface area contributed by atoms with Crippen molar-refractivity contribution in [2.45, 2.75) is 58.5 Å². The third kappa shape index (κ3) is 5.44. The van der Waals surface area contributed by atoms with Crippen LogP contribution in [0.15, 0.2) is 24.3 Å². The molecule has 1 aromatic carbocycles. The zero-order chi connectivity index (χ0) is 20.8. The van der Waals surface area contributed by atoms with Gasteiger partial charge in [0.15, 0.2) is 0 Å². The molecule has 0 aliphatic carbocycles. The molecule has 1 aromatic heterocycles. The van der Waals surface area contributed by atoms with Crippen LogP contribution in [0, 0.1) is 13.8 Å². The minimum absolute atomic E-state index is 0.0817. The number of rotatable bonds is 8. The van der Waals surface area contributed by atoms with E-state index in [2.05, 4.69) is 10.4 Å². The van der Waals surface area contributed by atoms with Crippen LogP contribution in [0.25, 0.3) is 5.69 Å². The van der Waals surface area contributed by atoms with E-state index < -0.39 is 5.97 Å². The van der Waals surface area contributed by atoms with Gasteiger partial charge in [0, 0.05) is 30.8 Å². The molecule has 2 N–H and O–H groups in total. The lowest BCUT2D eigenvalue weighted by Crippen LogP contribution is -2.29. The van der Waals surface area contributed by atoms with Crippen molar-refractivity contribution in [3.05, 3.63) is 46.8 Å². The van der Waals surface area contributed by atoms with E-state index in [-0.39, 0.29) is 18.4 Å². The average molecular weight is 399 g/mol. The summed E-state index contributed by atoms with van der Waals surface area (Å²) in [7, 11) is 0. The molecule has 2 aromatic rings. The van der Waals surface area contributed by atoms with Crippen molar-refractivity contribution in [3.63, 3.8) is 0 Å². The number of hydrogen-bond donors (Lipinski definition) is 2. The number of ether oxygens (including phenoxy) is 1. The number of nitrogens with zero attached hydrogens (tertiary/aromatic N) is 2. The minimum Gasteiger partial charge on any atom is -0.481 e. The predicted octanol–water partition coefficient (Wildman–Crippen LogP) is 3.20. The molecular weight excluding hydrogens is 370 g/mol. The molecule has 0 saturated carbocycles. The number of hydrogen-bond acceptors (Lipinski definition) is 4. The molecule has 7 heteroatoms. The number of aliphatic carboxylic acids is 1. The Morgan fingerprint density at radius 1 is 1.24 bits per heavy atom. The van der Waals surface area contributed by atoms with Gasteiger partial charge in [-0.25, -0.2) is 4.68 Å². The van der Waals surface area contributed by atoms with E-state index in [0.717, 1.165) is 48.5 Å². The van der Waals surface area contributed by atoms with Crippen LogP contribution >= 0.6 is 0 Å². The number of carbonyl (C=O) groups is 2. The SMILES string of the molecule is Cc1nn(-c2ccc(C(=O)NCCC3CCCCO3)cc2)c(C)c1CCC(=O)O. The number of carbonyl (C=O) groups excluding carboxylic acids is 1. The summed E-state index contributed by atoms with van der Waals surface area (Å²) in [6.45, 7) is 5.25. The maximum Gasteiger partial charge on any atom is 0.303 e. The first-order valence-corrected chi connectivity index (χ1v) is 10.2. The monoisotopic (exact) mass is 399 g/mol. The van der Waals surface area contributed by atoms with E-state index in [4.69, 9.17) is 9.84 Å². The standard InChI is InChI=1S/C22H29N3O4/c1-15-20(10-11-21(26)27)16(2)25(24-15)18-8-6-17(7-9-18)22(28)23-13-12-19-5-3-4-14-29-19/h6-9,19H,3-5,10-14H2,1-2H3,(H,23,28)(H,26,27). The zero-order valence-electron chi connectivity index (χ0n) is 17.1. The van der Waals surface area contributed by atoms with Gasteiger partial charge in [-0.3, -0.25) is 9.59 Å². The fourth-order valence-electron chi connectivity index (χ4n) is 3.76.